The maximum atomic E-state index is 12.4. The lowest BCUT2D eigenvalue weighted by atomic mass is 9.82. The smallest absolute Gasteiger partial charge is 0.319 e. The zero-order chi connectivity index (χ0) is 19.4. The highest BCUT2D eigenvalue weighted by molar-refractivity contribution is 9.10. The number of anilines is 1. The molecule has 1 aliphatic rings. The van der Waals surface area contributed by atoms with Crippen LogP contribution in [0.1, 0.15) is 12.5 Å². The van der Waals surface area contributed by atoms with Crippen molar-refractivity contribution in [2.24, 2.45) is 10.5 Å². The molecule has 0 fully saturated rings. The molecule has 1 aliphatic heterocycles. The molecule has 3 rings (SSSR count). The number of halogens is 1. The summed E-state index contributed by atoms with van der Waals surface area (Å²) >= 11 is 3.36. The fourth-order valence-electron chi connectivity index (χ4n) is 3.08. The number of amides is 1. The van der Waals surface area contributed by atoms with Crippen LogP contribution in [0, 0.1) is 5.41 Å². The van der Waals surface area contributed by atoms with Gasteiger partial charge in [0.05, 0.1) is 19.4 Å². The number of hydrogen-bond donors (Lipinski definition) is 1. The fourth-order valence-corrected chi connectivity index (χ4v) is 3.34. The van der Waals surface area contributed by atoms with Gasteiger partial charge >= 0.3 is 5.97 Å². The average molecular weight is 430 g/mol. The van der Waals surface area contributed by atoms with E-state index in [4.69, 9.17) is 4.74 Å². The lowest BCUT2D eigenvalue weighted by Crippen LogP contribution is -2.41. The molecule has 0 aliphatic carbocycles. The van der Waals surface area contributed by atoms with E-state index in [0.717, 1.165) is 10.0 Å². The van der Waals surface area contributed by atoms with Crippen LogP contribution in [0.3, 0.4) is 0 Å². The number of ether oxygens (including phenoxy) is 1. The number of esters is 1. The van der Waals surface area contributed by atoms with E-state index in [-0.39, 0.29) is 25.0 Å². The van der Waals surface area contributed by atoms with E-state index in [2.05, 4.69) is 26.3 Å². The number of nitrogens with one attached hydrogen (secondary N) is 1. The molecular weight excluding hydrogens is 410 g/mol. The summed E-state index contributed by atoms with van der Waals surface area (Å²) in [5.74, 6) is -0.580. The Bertz CT molecular complexity index is 868. The predicted molar refractivity (Wildman–Crippen MR) is 107 cm³/mol. The van der Waals surface area contributed by atoms with Crippen LogP contribution in [0.25, 0.3) is 0 Å². The maximum absolute atomic E-state index is 12.4. The zero-order valence-electron chi connectivity index (χ0n) is 15.1. The zero-order valence-corrected chi connectivity index (χ0v) is 16.7. The third kappa shape index (κ3) is 4.19. The minimum absolute atomic E-state index is 0.0407. The van der Waals surface area contributed by atoms with Crippen molar-refractivity contribution >= 4 is 39.2 Å². The summed E-state index contributed by atoms with van der Waals surface area (Å²) in [6, 6.07) is 16.8. The van der Waals surface area contributed by atoms with E-state index < -0.39 is 5.41 Å². The van der Waals surface area contributed by atoms with Gasteiger partial charge in [0.2, 0.25) is 5.91 Å². The minimum Gasteiger partial charge on any atom is -0.468 e. The summed E-state index contributed by atoms with van der Waals surface area (Å²) in [6.07, 6.45) is 0. The molecule has 0 radical (unpaired) electrons. The van der Waals surface area contributed by atoms with Gasteiger partial charge < -0.3 is 10.1 Å². The summed E-state index contributed by atoms with van der Waals surface area (Å²) in [7, 11) is 1.36. The highest BCUT2D eigenvalue weighted by Crippen LogP contribution is 2.32. The van der Waals surface area contributed by atoms with Crippen molar-refractivity contribution in [1.82, 2.24) is 5.01 Å². The molecule has 2 aromatic rings. The Hall–Kier alpha value is -2.67. The average Bonchev–Trinajstić information content (AvgIpc) is 3.00. The number of carbonyl (C=O) groups excluding carboxylic acids is 2. The second kappa shape index (κ2) is 7.92. The number of hydrogen-bond acceptors (Lipinski definition) is 5. The van der Waals surface area contributed by atoms with Crippen molar-refractivity contribution in [3.05, 3.63) is 64.6 Å². The first-order chi connectivity index (χ1) is 12.9. The number of methoxy groups -OCH3 is 1. The maximum Gasteiger partial charge on any atom is 0.319 e. The van der Waals surface area contributed by atoms with Crippen molar-refractivity contribution in [3.63, 3.8) is 0 Å². The molecule has 7 heteroatoms. The number of hydrazone groups is 1. The molecule has 0 saturated heterocycles. The molecule has 0 aromatic heterocycles. The fraction of sp³-hybridized carbons (Fsp3) is 0.250. The minimum atomic E-state index is -0.937. The molecule has 0 bridgehead atoms. The van der Waals surface area contributed by atoms with Crippen LogP contribution in [0.5, 0.6) is 0 Å². The van der Waals surface area contributed by atoms with Crippen molar-refractivity contribution in [1.29, 1.82) is 0 Å². The van der Waals surface area contributed by atoms with Crippen molar-refractivity contribution in [3.8, 4) is 0 Å². The lowest BCUT2D eigenvalue weighted by molar-refractivity contribution is -0.148. The Labute approximate surface area is 166 Å². The third-order valence-electron chi connectivity index (χ3n) is 4.40. The van der Waals surface area contributed by atoms with Gasteiger partial charge in [-0.15, -0.1) is 0 Å². The van der Waals surface area contributed by atoms with E-state index in [9.17, 15) is 9.59 Å². The number of benzene rings is 2. The first-order valence-corrected chi connectivity index (χ1v) is 9.25. The molecule has 1 N–H and O–H groups in total. The number of rotatable bonds is 5. The van der Waals surface area contributed by atoms with Gasteiger partial charge in [0.25, 0.3) is 0 Å². The molecule has 2 aromatic carbocycles. The second-order valence-corrected chi connectivity index (χ2v) is 7.43. The molecule has 6 nitrogen and oxygen atoms in total. The van der Waals surface area contributed by atoms with E-state index in [1.807, 2.05) is 54.6 Å². The van der Waals surface area contributed by atoms with Crippen LogP contribution in [0.15, 0.2) is 64.2 Å². The second-order valence-electron chi connectivity index (χ2n) is 6.52. The molecule has 0 saturated carbocycles. The standard InChI is InChI=1S/C20H20BrN3O3/c1-20(19(26)27-2)13-24(23-18(20)14-6-4-3-5-7-14)12-17(25)22-16-10-8-15(21)9-11-16/h3-11H,12-13H2,1-2H3,(H,22,25). The van der Waals surface area contributed by atoms with Crippen LogP contribution < -0.4 is 5.32 Å². The number of carbonyl (C=O) groups is 2. The Kier molecular flexibility index (Phi) is 5.60. The van der Waals surface area contributed by atoms with E-state index in [0.29, 0.717) is 11.4 Å². The van der Waals surface area contributed by atoms with Crippen molar-refractivity contribution in [2.45, 2.75) is 6.92 Å². The Morgan fingerprint density at radius 1 is 1.19 bits per heavy atom. The summed E-state index contributed by atoms with van der Waals surface area (Å²) in [5.41, 5.74) is 1.20. The first kappa shape index (κ1) is 19.1. The molecule has 1 heterocycles. The van der Waals surface area contributed by atoms with Gasteiger partial charge in [-0.2, -0.15) is 5.10 Å². The molecule has 1 amide bonds. The monoisotopic (exact) mass is 429 g/mol. The summed E-state index contributed by atoms with van der Waals surface area (Å²) in [5, 5.41) is 9.00. The van der Waals surface area contributed by atoms with Crippen LogP contribution >= 0.6 is 15.9 Å². The van der Waals surface area contributed by atoms with E-state index in [1.54, 1.807) is 11.9 Å². The van der Waals surface area contributed by atoms with Crippen molar-refractivity contribution in [2.75, 3.05) is 25.5 Å². The topological polar surface area (TPSA) is 71.0 Å². The molecule has 0 spiro atoms. The Morgan fingerprint density at radius 3 is 2.48 bits per heavy atom. The quantitative estimate of drug-likeness (QED) is 0.740. The van der Waals surface area contributed by atoms with Gasteiger partial charge in [-0.3, -0.25) is 14.6 Å². The molecule has 27 heavy (non-hydrogen) atoms. The van der Waals surface area contributed by atoms with Crippen LogP contribution in [-0.2, 0) is 14.3 Å². The molecule has 1 unspecified atom stereocenters. The number of nitrogens with zero attached hydrogens (tertiary/aromatic N) is 2. The summed E-state index contributed by atoms with van der Waals surface area (Å²) in [6.45, 7) is 2.11. The molecular formula is C20H20BrN3O3. The van der Waals surface area contributed by atoms with Crippen LogP contribution in [0.4, 0.5) is 5.69 Å². The Morgan fingerprint density at radius 2 is 1.85 bits per heavy atom. The van der Waals surface area contributed by atoms with Gasteiger partial charge in [-0.1, -0.05) is 46.3 Å². The first-order valence-electron chi connectivity index (χ1n) is 8.45. The highest BCUT2D eigenvalue weighted by Gasteiger charge is 2.47. The van der Waals surface area contributed by atoms with E-state index in [1.165, 1.54) is 7.11 Å². The van der Waals surface area contributed by atoms with Crippen molar-refractivity contribution < 1.29 is 14.3 Å². The highest BCUT2D eigenvalue weighted by atomic mass is 79.9. The molecule has 140 valence electrons. The Balaban J connectivity index is 1.78. The normalized spacial score (nSPS) is 18.8. The van der Waals surface area contributed by atoms with Gasteiger partial charge in [-0.05, 0) is 36.8 Å². The molecule has 1 atom stereocenters. The largest absolute Gasteiger partial charge is 0.468 e. The van der Waals surface area contributed by atoms with Crippen LogP contribution in [0.2, 0.25) is 0 Å². The SMILES string of the molecule is COC(=O)C1(C)CN(CC(=O)Nc2ccc(Br)cc2)N=C1c1ccccc1. The van der Waals surface area contributed by atoms with Crippen LogP contribution in [-0.4, -0.2) is 42.8 Å². The van der Waals surface area contributed by atoms with E-state index >= 15 is 0 Å². The summed E-state index contributed by atoms with van der Waals surface area (Å²) < 4.78 is 5.93. The lowest BCUT2D eigenvalue weighted by Gasteiger charge is -2.23. The third-order valence-corrected chi connectivity index (χ3v) is 4.93. The van der Waals surface area contributed by atoms with Gasteiger partial charge in [0, 0.05) is 10.2 Å². The van der Waals surface area contributed by atoms with Gasteiger partial charge in [-0.25, -0.2) is 0 Å². The summed E-state index contributed by atoms with van der Waals surface area (Å²) in [4.78, 5) is 24.8. The van der Waals surface area contributed by atoms with Gasteiger partial charge in [0.15, 0.2) is 0 Å². The predicted octanol–water partition coefficient (Wildman–Crippen LogP) is 3.29. The van der Waals surface area contributed by atoms with Gasteiger partial charge in [0.1, 0.15) is 12.0 Å².